The monoisotopic (exact) mass is 394 g/mol. The first-order valence-corrected chi connectivity index (χ1v) is 11.3. The molecule has 3 aliphatic rings. The Kier molecular flexibility index (Phi) is 4.50. The van der Waals surface area contributed by atoms with Crippen molar-refractivity contribution in [2.45, 2.75) is 50.6 Å². The lowest BCUT2D eigenvalue weighted by Crippen LogP contribution is -2.66. The van der Waals surface area contributed by atoms with Gasteiger partial charge in [0.1, 0.15) is 0 Å². The standard InChI is InChI=1S/C23H26N2O2S/c26-21(18-10-15-28-16-18)24-13-8-19(9-14-24)25-20(17-6-2-1-3-7-17)23(22(25)27)11-4-5-12-23/h1-3,6-7,10,15-16,19-20H,4-5,8-9,11-14H2. The fourth-order valence-corrected chi connectivity index (χ4v) is 6.22. The van der Waals surface area contributed by atoms with E-state index in [1.807, 2.05) is 27.8 Å². The van der Waals surface area contributed by atoms with E-state index in [2.05, 4.69) is 29.2 Å². The number of hydrogen-bond donors (Lipinski definition) is 0. The molecule has 3 heterocycles. The van der Waals surface area contributed by atoms with Gasteiger partial charge < -0.3 is 9.80 Å². The topological polar surface area (TPSA) is 40.6 Å². The van der Waals surface area contributed by atoms with Crippen LogP contribution < -0.4 is 0 Å². The van der Waals surface area contributed by atoms with Gasteiger partial charge >= 0.3 is 0 Å². The number of likely N-dealkylation sites (tertiary alicyclic amines) is 2. The largest absolute Gasteiger partial charge is 0.338 e. The summed E-state index contributed by atoms with van der Waals surface area (Å²) >= 11 is 1.56. The highest BCUT2D eigenvalue weighted by molar-refractivity contribution is 7.08. The van der Waals surface area contributed by atoms with Crippen molar-refractivity contribution in [3.63, 3.8) is 0 Å². The predicted octanol–water partition coefficient (Wildman–Crippen LogP) is 4.50. The van der Waals surface area contributed by atoms with Crippen LogP contribution in [-0.2, 0) is 4.79 Å². The van der Waals surface area contributed by atoms with Gasteiger partial charge in [-0.05, 0) is 42.7 Å². The number of carbonyl (C=O) groups is 2. The van der Waals surface area contributed by atoms with Gasteiger partial charge in [-0.1, -0.05) is 43.2 Å². The van der Waals surface area contributed by atoms with E-state index >= 15 is 0 Å². The molecule has 1 saturated carbocycles. The maximum absolute atomic E-state index is 13.3. The van der Waals surface area contributed by atoms with Crippen molar-refractivity contribution < 1.29 is 9.59 Å². The van der Waals surface area contributed by atoms with E-state index in [4.69, 9.17) is 0 Å². The lowest BCUT2D eigenvalue weighted by atomic mass is 9.65. The van der Waals surface area contributed by atoms with Crippen molar-refractivity contribution in [3.05, 3.63) is 58.3 Å². The van der Waals surface area contributed by atoms with E-state index in [9.17, 15) is 9.59 Å². The van der Waals surface area contributed by atoms with Crippen LogP contribution in [0.25, 0.3) is 0 Å². The van der Waals surface area contributed by atoms with Gasteiger partial charge in [-0.3, -0.25) is 9.59 Å². The van der Waals surface area contributed by atoms with E-state index < -0.39 is 0 Å². The first-order valence-electron chi connectivity index (χ1n) is 10.4. The number of rotatable bonds is 3. The van der Waals surface area contributed by atoms with Gasteiger partial charge in [0.05, 0.1) is 17.0 Å². The van der Waals surface area contributed by atoms with Crippen LogP contribution in [0.3, 0.4) is 0 Å². The van der Waals surface area contributed by atoms with Crippen LogP contribution in [0.4, 0.5) is 0 Å². The van der Waals surface area contributed by atoms with Gasteiger partial charge in [-0.15, -0.1) is 0 Å². The highest BCUT2D eigenvalue weighted by Gasteiger charge is 2.63. The van der Waals surface area contributed by atoms with Crippen molar-refractivity contribution in [1.29, 1.82) is 0 Å². The van der Waals surface area contributed by atoms with Gasteiger partial charge in [0.25, 0.3) is 5.91 Å². The summed E-state index contributed by atoms with van der Waals surface area (Å²) in [5.74, 6) is 0.489. The smallest absolute Gasteiger partial charge is 0.254 e. The summed E-state index contributed by atoms with van der Waals surface area (Å²) in [6.07, 6.45) is 6.13. The van der Waals surface area contributed by atoms with Crippen molar-refractivity contribution in [1.82, 2.24) is 9.80 Å². The first-order chi connectivity index (χ1) is 13.7. The molecular weight excluding hydrogens is 368 g/mol. The summed E-state index contributed by atoms with van der Waals surface area (Å²) < 4.78 is 0. The minimum Gasteiger partial charge on any atom is -0.338 e. The van der Waals surface area contributed by atoms with Crippen LogP contribution >= 0.6 is 11.3 Å². The third-order valence-corrected chi connectivity index (χ3v) is 7.67. The Bertz CT molecular complexity index is 850. The van der Waals surface area contributed by atoms with Gasteiger partial charge in [-0.2, -0.15) is 11.3 Å². The van der Waals surface area contributed by atoms with Gasteiger partial charge in [0, 0.05) is 24.5 Å². The summed E-state index contributed by atoms with van der Waals surface area (Å²) in [5, 5.41) is 3.87. The summed E-state index contributed by atoms with van der Waals surface area (Å²) in [7, 11) is 0. The average molecular weight is 395 g/mol. The molecule has 0 radical (unpaired) electrons. The Hall–Kier alpha value is -2.14. The minimum absolute atomic E-state index is 0.126. The molecule has 146 valence electrons. The number of hydrogen-bond acceptors (Lipinski definition) is 3. The average Bonchev–Trinajstić information content (AvgIpc) is 3.45. The van der Waals surface area contributed by atoms with Crippen LogP contribution in [0.15, 0.2) is 47.2 Å². The molecule has 2 saturated heterocycles. The highest BCUT2D eigenvalue weighted by atomic mass is 32.1. The lowest BCUT2D eigenvalue weighted by Gasteiger charge is -2.59. The van der Waals surface area contributed by atoms with Crippen molar-refractivity contribution in [2.24, 2.45) is 5.41 Å². The Balaban J connectivity index is 1.33. The predicted molar refractivity (Wildman–Crippen MR) is 110 cm³/mol. The van der Waals surface area contributed by atoms with E-state index in [0.717, 1.165) is 57.2 Å². The van der Waals surface area contributed by atoms with Gasteiger partial charge in [-0.25, -0.2) is 0 Å². The third-order valence-electron chi connectivity index (χ3n) is 6.99. The molecule has 5 heteroatoms. The Labute approximate surface area is 170 Å². The fraction of sp³-hybridized carbons (Fsp3) is 0.478. The van der Waals surface area contributed by atoms with Crippen LogP contribution in [0, 0.1) is 5.41 Å². The maximum Gasteiger partial charge on any atom is 0.254 e. The Morgan fingerprint density at radius 2 is 1.75 bits per heavy atom. The van der Waals surface area contributed by atoms with E-state index in [1.165, 1.54) is 5.56 Å². The number of amides is 2. The zero-order valence-corrected chi connectivity index (χ0v) is 16.9. The molecule has 2 aromatic rings. The molecule has 1 aromatic carbocycles. The molecule has 28 heavy (non-hydrogen) atoms. The SMILES string of the molecule is O=C(c1ccsc1)N1CCC(N2C(=O)C3(CCCC3)C2c2ccccc2)CC1. The van der Waals surface area contributed by atoms with Crippen LogP contribution in [-0.4, -0.2) is 40.7 Å². The zero-order valence-electron chi connectivity index (χ0n) is 16.0. The zero-order chi connectivity index (χ0) is 19.1. The number of nitrogens with zero attached hydrogens (tertiary/aromatic N) is 2. The van der Waals surface area contributed by atoms with Crippen molar-refractivity contribution in [3.8, 4) is 0 Å². The molecule has 0 N–H and O–H groups in total. The number of β-lactam (4-membered cyclic amide) rings is 1. The molecule has 2 aliphatic heterocycles. The summed E-state index contributed by atoms with van der Waals surface area (Å²) in [5.41, 5.74) is 1.90. The molecule has 1 spiro atoms. The first kappa shape index (κ1) is 17.9. The molecule has 1 atom stereocenters. The second-order valence-electron chi connectivity index (χ2n) is 8.42. The number of carbonyl (C=O) groups excluding carboxylic acids is 2. The van der Waals surface area contributed by atoms with Crippen LogP contribution in [0.5, 0.6) is 0 Å². The molecular formula is C23H26N2O2S. The van der Waals surface area contributed by atoms with E-state index in [0.29, 0.717) is 5.91 Å². The minimum atomic E-state index is -0.162. The number of benzene rings is 1. The second-order valence-corrected chi connectivity index (χ2v) is 9.20. The van der Waals surface area contributed by atoms with Crippen LogP contribution in [0.2, 0.25) is 0 Å². The summed E-state index contributed by atoms with van der Waals surface area (Å²) in [4.78, 5) is 30.1. The second kappa shape index (κ2) is 7.03. The van der Waals surface area contributed by atoms with E-state index in [1.54, 1.807) is 11.3 Å². The van der Waals surface area contributed by atoms with Crippen LogP contribution in [0.1, 0.15) is 60.5 Å². The molecule has 2 amide bonds. The molecule has 1 aromatic heterocycles. The molecule has 5 rings (SSSR count). The highest BCUT2D eigenvalue weighted by Crippen LogP contribution is 2.60. The maximum atomic E-state index is 13.3. The molecule has 1 aliphatic carbocycles. The normalized spacial score (nSPS) is 24.6. The molecule has 0 bridgehead atoms. The lowest BCUT2D eigenvalue weighted by molar-refractivity contribution is -0.180. The van der Waals surface area contributed by atoms with Crippen molar-refractivity contribution >= 4 is 23.2 Å². The summed E-state index contributed by atoms with van der Waals surface area (Å²) in [6.45, 7) is 1.47. The number of piperidine rings is 1. The summed E-state index contributed by atoms with van der Waals surface area (Å²) in [6, 6.07) is 12.9. The van der Waals surface area contributed by atoms with Crippen molar-refractivity contribution in [2.75, 3.05) is 13.1 Å². The van der Waals surface area contributed by atoms with E-state index in [-0.39, 0.29) is 23.4 Å². The molecule has 4 nitrogen and oxygen atoms in total. The number of thiophene rings is 1. The quantitative estimate of drug-likeness (QED) is 0.720. The fourth-order valence-electron chi connectivity index (χ4n) is 5.59. The molecule has 1 unspecified atom stereocenters. The van der Waals surface area contributed by atoms with Gasteiger partial charge in [0.15, 0.2) is 0 Å². The molecule has 3 fully saturated rings. The Morgan fingerprint density at radius 3 is 2.39 bits per heavy atom. The van der Waals surface area contributed by atoms with Gasteiger partial charge in [0.2, 0.25) is 5.91 Å². The third kappa shape index (κ3) is 2.71. The Morgan fingerprint density at radius 1 is 1.04 bits per heavy atom.